The molecule has 5 heterocycles. The SMILES string of the molecule is COc1cc2cc(c1Cl)N(C)C(=O)C[C@H](OC(=O)[C@H](C)N(C)C(=O)CCSSCCNC(=O)[C@H](Cc1c[nH]c3ccccc13)NC(=O)[C@@H]1CSSC[C@H](NC(=O)[C@H](N)Cc3ccccc3)C(=O)C[C@@H](Cc3ccc(O)cc3)CN[C@H](CC3=CCc4ccccc43)C(=O)N[C@@H](CCCCN)C(=O)N[C@@H]([C@@H](C)O)C(=O)N1)[C@]1(C)O[C@H]1[C@H](C)[C@@H]1C[C@@](O)(NC(=O)O1)[C@H](OC)/C=C/C=C(\C)C2. The van der Waals surface area contributed by atoms with Gasteiger partial charge in [-0.3, -0.25) is 48.5 Å². The molecule has 0 saturated carbocycles. The molecule has 5 aliphatic rings. The number of epoxide rings is 1. The van der Waals surface area contributed by atoms with Crippen molar-refractivity contribution in [3.63, 3.8) is 0 Å². The zero-order valence-corrected chi connectivity index (χ0v) is 79.6. The van der Waals surface area contributed by atoms with Gasteiger partial charge in [-0.2, -0.15) is 0 Å². The average Bonchev–Trinajstić information content (AvgIpc) is 1.56. The number of carbonyl (C=O) groups excluding carboxylic acids is 11. The number of phenols is 1. The van der Waals surface area contributed by atoms with Gasteiger partial charge in [0.15, 0.2) is 11.5 Å². The van der Waals surface area contributed by atoms with Crippen molar-refractivity contribution < 1.29 is 91.7 Å². The van der Waals surface area contributed by atoms with Crippen molar-refractivity contribution in [2.24, 2.45) is 23.3 Å². The Morgan fingerprint density at radius 3 is 2.30 bits per heavy atom. The fraction of sp³-hybridized carbons (Fsp3) is 0.484. The number of benzene rings is 5. The molecule has 1 aromatic heterocycles. The van der Waals surface area contributed by atoms with Crippen molar-refractivity contribution in [2.45, 2.75) is 208 Å². The molecule has 17 atom stereocenters. The molecule has 16 N–H and O–H groups in total. The standard InChI is InChI=1S/C95H122ClN13O19S4/c1-54-20-19-28-79(125-9)95(123)49-78(126-93(122)107-95)55(2)85-94(5,128-85)80(48-82(114)109(7)75-43-60(40-54)45-77(124-8)83(75)96)127-92(121)56(3)108(6)81(113)35-38-129-130-39-37-99-87(116)72(47-64-51-101-69-26-16-15-25-67(64)69)103-90(119)74-53-132-131-52-73(104-86(115)68(98)42-58-21-11-10-12-22-58)76(112)44-61(41-59-29-33-65(111)34-30-59)50-100-71(46-63-32-31-62-23-13-14-24-66(62)63)89(118)102-70(27-17-18-36-97)88(117)106-84(57(4)110)91(120)105-74/h10-16,19-26,28-30,32-34,43,45,51,55-57,61,68,70-74,78-80,84-85,100-101,110-111,123H,17-18,27,31,35-42,44,46-50,52-53,97-98H2,1-9H3,(H,99,116)(H,102,118)(H,103,119)(H,104,115)(H,105,120)(H,106,117)(H,107,122)/b28-19+,54-20+/t55-,56+,57-,61-,68-,70+,71-,72+,73+,74+,78+,79-,80+,84+,85+,94+,95+/m1/s1. The normalized spacial score (nSPS) is 25.8. The number of halogens is 1. The van der Waals surface area contributed by atoms with E-state index in [0.717, 1.165) is 71.5 Å². The zero-order chi connectivity index (χ0) is 95.1. The summed E-state index contributed by atoms with van der Waals surface area (Å²) < 4.78 is 29.8. The summed E-state index contributed by atoms with van der Waals surface area (Å²) in [5.74, 6) is -7.35. The number of aliphatic hydroxyl groups is 2. The third-order valence-electron chi connectivity index (χ3n) is 24.7. The Bertz CT molecular complexity index is 5170. The molecular formula is C95H122ClN13O19S4. The van der Waals surface area contributed by atoms with Gasteiger partial charge in [-0.05, 0) is 167 Å². The second kappa shape index (κ2) is 48.3. The molecule has 9 amide bonds. The number of allylic oxidation sites excluding steroid dienone is 4. The van der Waals surface area contributed by atoms with E-state index in [4.69, 9.17) is 46.8 Å². The largest absolute Gasteiger partial charge is 0.508 e. The number of fused-ring (bicyclic) bond motifs is 7. The Hall–Kier alpha value is -9.96. The van der Waals surface area contributed by atoms with E-state index < -0.39 is 174 Å². The number of aromatic nitrogens is 1. The second-order valence-electron chi connectivity index (χ2n) is 34.4. The minimum absolute atomic E-state index is 0.0269. The number of alkyl carbamates (subject to hydrolysis) is 1. The van der Waals surface area contributed by atoms with E-state index in [1.807, 2.05) is 97.9 Å². The third-order valence-corrected chi connectivity index (χ3v) is 29.9. The number of likely N-dealkylation sites (N-methyl/N-ethyl adjacent to an activating group) is 1. The minimum Gasteiger partial charge on any atom is -0.508 e. The highest BCUT2D eigenvalue weighted by molar-refractivity contribution is 8.77. The number of aromatic amines is 1. The first-order valence-electron chi connectivity index (χ1n) is 44.3. The van der Waals surface area contributed by atoms with Crippen LogP contribution in [0.4, 0.5) is 10.5 Å². The topological polar surface area (TPSA) is 468 Å². The summed E-state index contributed by atoms with van der Waals surface area (Å²) in [6.45, 7) is 8.49. The lowest BCUT2D eigenvalue weighted by Crippen LogP contribution is -2.63. The second-order valence-corrected chi connectivity index (χ2v) is 40.1. The van der Waals surface area contributed by atoms with Gasteiger partial charge in [-0.15, -0.1) is 0 Å². The Kier molecular flexibility index (Phi) is 37.5. The van der Waals surface area contributed by atoms with Crippen LogP contribution in [0.1, 0.15) is 119 Å². The summed E-state index contributed by atoms with van der Waals surface area (Å²) in [5, 5.41) is 58.0. The van der Waals surface area contributed by atoms with E-state index in [2.05, 4.69) is 47.5 Å². The minimum atomic E-state index is -1.93. The predicted octanol–water partition coefficient (Wildman–Crippen LogP) is 7.54. The van der Waals surface area contributed by atoms with Crippen molar-refractivity contribution in [3.05, 3.63) is 190 Å². The third kappa shape index (κ3) is 27.6. The summed E-state index contributed by atoms with van der Waals surface area (Å²) in [4.78, 5) is 167. The number of para-hydroxylation sites is 1. The van der Waals surface area contributed by atoms with E-state index in [0.29, 0.717) is 48.4 Å². The number of unbranched alkanes of at least 4 members (excludes halogenated alkanes) is 1. The zero-order valence-electron chi connectivity index (χ0n) is 75.6. The maximum Gasteiger partial charge on any atom is 0.409 e. The average molecular weight is 1910 g/mol. The first kappa shape index (κ1) is 103. The lowest BCUT2D eigenvalue weighted by molar-refractivity contribution is -0.162. The van der Waals surface area contributed by atoms with Crippen LogP contribution in [0, 0.1) is 11.8 Å². The molecular weight excluding hydrogens is 1790 g/mol. The van der Waals surface area contributed by atoms with E-state index in [9.17, 15) is 53.7 Å². The number of esters is 1. The number of nitrogens with zero attached hydrogens (tertiary/aromatic N) is 2. The number of rotatable bonds is 30. The van der Waals surface area contributed by atoms with E-state index >= 15 is 14.4 Å². The summed E-state index contributed by atoms with van der Waals surface area (Å²) in [5.41, 5.74) is 17.0. The van der Waals surface area contributed by atoms with Gasteiger partial charge in [-0.25, -0.2) is 9.59 Å². The molecule has 11 rings (SSSR count). The Balaban J connectivity index is 0.782. The van der Waals surface area contributed by atoms with Crippen LogP contribution in [0.15, 0.2) is 151 Å². The Morgan fingerprint density at radius 2 is 1.56 bits per heavy atom. The number of aromatic hydroxyl groups is 1. The molecule has 0 unspecified atom stereocenters. The molecule has 5 aromatic carbocycles. The molecule has 4 aliphatic heterocycles. The number of aliphatic hydroxyl groups excluding tert-OH is 1. The Labute approximate surface area is 789 Å². The number of nitrogens with two attached hydrogens (primary N) is 2. The molecule has 0 radical (unpaired) electrons. The van der Waals surface area contributed by atoms with Gasteiger partial charge >= 0.3 is 12.1 Å². The number of hydrogen-bond acceptors (Lipinski definition) is 26. The van der Waals surface area contributed by atoms with Crippen molar-refractivity contribution in [3.8, 4) is 11.5 Å². The number of hydrogen-bond donors (Lipinski definition) is 14. The van der Waals surface area contributed by atoms with Crippen LogP contribution in [0.25, 0.3) is 16.5 Å². The number of ketones is 1. The number of H-pyrrole nitrogens is 1. The molecule has 3 fully saturated rings. The number of methoxy groups -OCH3 is 2. The maximum atomic E-state index is 15.4. The molecule has 37 heteroatoms. The van der Waals surface area contributed by atoms with Crippen molar-refractivity contribution in [2.75, 3.05) is 75.9 Å². The number of ether oxygens (including phenoxy) is 5. The molecule has 32 nitrogen and oxygen atoms in total. The molecule has 132 heavy (non-hydrogen) atoms. The number of amides is 9. The summed E-state index contributed by atoms with van der Waals surface area (Å²) >= 11 is 6.92. The molecule has 712 valence electrons. The van der Waals surface area contributed by atoms with E-state index in [-0.39, 0.29) is 99.0 Å². The van der Waals surface area contributed by atoms with Crippen LogP contribution >= 0.6 is 54.8 Å². The number of Topliss-reactive ketones (excluding diaryl/α,β-unsaturated/α-hetero) is 1. The van der Waals surface area contributed by atoms with Crippen LogP contribution < -0.4 is 63.6 Å². The van der Waals surface area contributed by atoms with Crippen LogP contribution in [-0.2, 0) is 99.0 Å². The van der Waals surface area contributed by atoms with Crippen molar-refractivity contribution in [1.29, 1.82) is 0 Å². The molecule has 1 aliphatic carbocycles. The van der Waals surface area contributed by atoms with Gasteiger partial charge in [0, 0.05) is 99.5 Å². The van der Waals surface area contributed by atoms with Crippen LogP contribution in [0.2, 0.25) is 5.02 Å². The predicted molar refractivity (Wildman–Crippen MR) is 512 cm³/mol. The van der Waals surface area contributed by atoms with Gasteiger partial charge in [0.1, 0.15) is 70.6 Å². The van der Waals surface area contributed by atoms with Crippen molar-refractivity contribution >= 4 is 142 Å². The quantitative estimate of drug-likeness (QED) is 0.00896. The Morgan fingerprint density at radius 1 is 0.841 bits per heavy atom. The molecule has 3 saturated heterocycles. The van der Waals surface area contributed by atoms with Gasteiger partial charge in [0.05, 0.1) is 49.6 Å². The number of carbonyl (C=O) groups is 11. The molecule has 4 bridgehead atoms. The summed E-state index contributed by atoms with van der Waals surface area (Å²) in [7, 11) is 10.7. The van der Waals surface area contributed by atoms with Crippen LogP contribution in [-0.4, -0.2) is 251 Å². The smallest absolute Gasteiger partial charge is 0.409 e. The summed E-state index contributed by atoms with van der Waals surface area (Å²) in [6, 6.07) is 24.0. The fourth-order valence-electron chi connectivity index (χ4n) is 16.7. The van der Waals surface area contributed by atoms with Crippen LogP contribution in [0.3, 0.4) is 0 Å². The number of nitrogens with one attached hydrogen (secondary N) is 9. The van der Waals surface area contributed by atoms with E-state index in [1.165, 1.54) is 85.7 Å². The lowest BCUT2D eigenvalue weighted by Gasteiger charge is -2.42. The van der Waals surface area contributed by atoms with Gasteiger partial charge in [-0.1, -0.05) is 177 Å². The highest BCUT2D eigenvalue weighted by atomic mass is 35.5. The first-order valence-corrected chi connectivity index (χ1v) is 49.7. The molecule has 0 spiro atoms. The summed E-state index contributed by atoms with van der Waals surface area (Å²) in [6.07, 6.45) is 3.97. The van der Waals surface area contributed by atoms with Crippen LogP contribution in [0.5, 0.6) is 11.5 Å². The fourth-order valence-corrected chi connectivity index (χ4v) is 21.3. The number of phenolic OH excluding ortho intramolecular Hbond substituents is 1. The maximum absolute atomic E-state index is 15.4. The lowest BCUT2D eigenvalue weighted by atomic mass is 9.83. The molecule has 6 aromatic rings. The van der Waals surface area contributed by atoms with Gasteiger partial charge < -0.3 is 102 Å². The van der Waals surface area contributed by atoms with Gasteiger partial charge in [0.25, 0.3) is 0 Å². The monoisotopic (exact) mass is 1910 g/mol. The van der Waals surface area contributed by atoms with Crippen molar-refractivity contribution in [1.82, 2.24) is 52.4 Å². The van der Waals surface area contributed by atoms with E-state index in [1.54, 1.807) is 56.5 Å². The number of anilines is 1. The highest BCUT2D eigenvalue weighted by Gasteiger charge is 2.65. The highest BCUT2D eigenvalue weighted by Crippen LogP contribution is 2.50. The van der Waals surface area contributed by atoms with Gasteiger partial charge in [0.2, 0.25) is 47.3 Å². The first-order chi connectivity index (χ1) is 63.2.